The maximum absolute atomic E-state index is 12.5. The molecular formula is C21H20N4OS. The summed E-state index contributed by atoms with van der Waals surface area (Å²) in [5.74, 6) is 0. The Morgan fingerprint density at radius 3 is 2.59 bits per heavy atom. The molecule has 0 saturated heterocycles. The molecule has 2 N–H and O–H groups in total. The van der Waals surface area contributed by atoms with Crippen LogP contribution in [0.4, 0.5) is 9.80 Å². The molecule has 4 aromatic rings. The molecule has 0 aliphatic heterocycles. The van der Waals surface area contributed by atoms with Gasteiger partial charge in [-0.15, -0.1) is 0 Å². The average molecular weight is 376 g/mol. The number of benzene rings is 1. The van der Waals surface area contributed by atoms with Gasteiger partial charge in [-0.05, 0) is 43.2 Å². The summed E-state index contributed by atoms with van der Waals surface area (Å²) >= 11 is 1.50. The Morgan fingerprint density at radius 1 is 1.11 bits per heavy atom. The third-order valence-corrected chi connectivity index (χ3v) is 5.34. The van der Waals surface area contributed by atoms with Gasteiger partial charge >= 0.3 is 6.03 Å². The predicted molar refractivity (Wildman–Crippen MR) is 111 cm³/mol. The second-order valence-corrected chi connectivity index (χ2v) is 7.42. The molecule has 3 aromatic heterocycles. The fourth-order valence-corrected chi connectivity index (χ4v) is 4.35. The summed E-state index contributed by atoms with van der Waals surface area (Å²) < 4.78 is 2.02. The van der Waals surface area contributed by atoms with Crippen molar-refractivity contribution in [2.24, 2.45) is 0 Å². The van der Waals surface area contributed by atoms with E-state index in [-0.39, 0.29) is 6.03 Å². The van der Waals surface area contributed by atoms with Gasteiger partial charge in [0.15, 0.2) is 0 Å². The first-order valence-corrected chi connectivity index (χ1v) is 9.56. The number of rotatable bonds is 4. The topological polar surface area (TPSA) is 59.0 Å². The number of aromatic nitrogens is 2. The monoisotopic (exact) mass is 376 g/mol. The van der Waals surface area contributed by atoms with E-state index in [0.29, 0.717) is 6.54 Å². The highest BCUT2D eigenvalue weighted by molar-refractivity contribution is 7.23. The Hall–Kier alpha value is -3.12. The Bertz CT molecular complexity index is 1080. The summed E-state index contributed by atoms with van der Waals surface area (Å²) in [5, 5.41) is 7.78. The molecule has 1 aromatic carbocycles. The number of anilines is 1. The van der Waals surface area contributed by atoms with E-state index in [1.807, 2.05) is 66.3 Å². The first kappa shape index (κ1) is 17.3. The van der Waals surface area contributed by atoms with Gasteiger partial charge in [-0.2, -0.15) is 0 Å². The highest BCUT2D eigenvalue weighted by atomic mass is 32.1. The van der Waals surface area contributed by atoms with Crippen LogP contribution in [0.3, 0.4) is 0 Å². The van der Waals surface area contributed by atoms with Crippen LogP contribution in [0.25, 0.3) is 15.9 Å². The van der Waals surface area contributed by atoms with E-state index in [1.165, 1.54) is 11.3 Å². The van der Waals surface area contributed by atoms with E-state index in [0.717, 1.165) is 37.7 Å². The maximum atomic E-state index is 12.5. The van der Waals surface area contributed by atoms with Crippen LogP contribution in [0.2, 0.25) is 0 Å². The van der Waals surface area contributed by atoms with Gasteiger partial charge in [0, 0.05) is 30.0 Å². The minimum absolute atomic E-state index is 0.229. The Morgan fingerprint density at radius 2 is 1.85 bits per heavy atom. The van der Waals surface area contributed by atoms with Gasteiger partial charge in [0.1, 0.15) is 9.83 Å². The van der Waals surface area contributed by atoms with Crippen LogP contribution >= 0.6 is 11.3 Å². The molecule has 0 atom stereocenters. The van der Waals surface area contributed by atoms with Crippen LogP contribution in [-0.4, -0.2) is 15.6 Å². The van der Waals surface area contributed by atoms with Gasteiger partial charge < -0.3 is 9.88 Å². The number of pyridine rings is 1. The van der Waals surface area contributed by atoms with Crippen LogP contribution in [-0.2, 0) is 6.54 Å². The maximum Gasteiger partial charge on any atom is 0.320 e. The number of nitrogens with one attached hydrogen (secondary N) is 2. The number of thiophene rings is 1. The van der Waals surface area contributed by atoms with Crippen molar-refractivity contribution >= 4 is 32.6 Å². The molecule has 3 heterocycles. The molecule has 27 heavy (non-hydrogen) atoms. The summed E-state index contributed by atoms with van der Waals surface area (Å²) in [6, 6.07) is 15.6. The van der Waals surface area contributed by atoms with Crippen molar-refractivity contribution in [3.05, 3.63) is 77.7 Å². The number of hydrogen-bond donors (Lipinski definition) is 2. The van der Waals surface area contributed by atoms with Gasteiger partial charge in [-0.3, -0.25) is 5.32 Å². The second-order valence-electron chi connectivity index (χ2n) is 6.42. The normalized spacial score (nSPS) is 10.9. The van der Waals surface area contributed by atoms with Crippen LogP contribution in [0.1, 0.15) is 16.8 Å². The summed E-state index contributed by atoms with van der Waals surface area (Å²) in [4.78, 5) is 18.1. The fourth-order valence-electron chi connectivity index (χ4n) is 3.16. The molecule has 136 valence electrons. The summed E-state index contributed by atoms with van der Waals surface area (Å²) in [6.07, 6.45) is 3.96. The summed E-state index contributed by atoms with van der Waals surface area (Å²) in [7, 11) is 0. The Kier molecular flexibility index (Phi) is 4.64. The minimum atomic E-state index is -0.229. The zero-order valence-electron chi connectivity index (χ0n) is 15.2. The number of aryl methyl sites for hydroxylation is 2. The first-order chi connectivity index (χ1) is 13.1. The summed E-state index contributed by atoms with van der Waals surface area (Å²) in [6.45, 7) is 4.55. The van der Waals surface area contributed by atoms with Crippen molar-refractivity contribution in [2.45, 2.75) is 20.4 Å². The van der Waals surface area contributed by atoms with Crippen LogP contribution < -0.4 is 10.6 Å². The molecule has 4 rings (SSSR count). The van der Waals surface area contributed by atoms with E-state index in [4.69, 9.17) is 0 Å². The van der Waals surface area contributed by atoms with Crippen molar-refractivity contribution in [2.75, 3.05) is 5.32 Å². The minimum Gasteiger partial charge on any atom is -0.334 e. The highest BCUT2D eigenvalue weighted by Crippen LogP contribution is 2.39. The van der Waals surface area contributed by atoms with E-state index in [9.17, 15) is 4.79 Å². The zero-order chi connectivity index (χ0) is 18.8. The number of carbonyl (C=O) groups is 1. The van der Waals surface area contributed by atoms with E-state index in [1.54, 1.807) is 0 Å². The molecule has 0 fully saturated rings. The molecule has 0 saturated carbocycles. The molecular weight excluding hydrogens is 356 g/mol. The SMILES string of the molecule is Cc1cc(C)c2c(-n3cccc3)c(NC(=O)NCc3ccccc3)sc2n1. The summed E-state index contributed by atoms with van der Waals surface area (Å²) in [5.41, 5.74) is 4.14. The van der Waals surface area contributed by atoms with E-state index in [2.05, 4.69) is 28.6 Å². The molecule has 0 unspecified atom stereocenters. The lowest BCUT2D eigenvalue weighted by molar-refractivity contribution is 0.252. The zero-order valence-corrected chi connectivity index (χ0v) is 16.0. The Balaban J connectivity index is 1.66. The molecule has 0 aliphatic carbocycles. The fraction of sp³-hybridized carbons (Fsp3) is 0.143. The molecule has 2 amide bonds. The lowest BCUT2D eigenvalue weighted by Gasteiger charge is -2.10. The van der Waals surface area contributed by atoms with Crippen molar-refractivity contribution in [1.82, 2.24) is 14.9 Å². The van der Waals surface area contributed by atoms with Crippen LogP contribution in [0, 0.1) is 13.8 Å². The third kappa shape index (κ3) is 3.57. The van der Waals surface area contributed by atoms with Gasteiger partial charge in [0.05, 0.1) is 5.69 Å². The highest BCUT2D eigenvalue weighted by Gasteiger charge is 2.18. The number of amides is 2. The quantitative estimate of drug-likeness (QED) is 0.525. The smallest absolute Gasteiger partial charge is 0.320 e. The lowest BCUT2D eigenvalue weighted by atomic mass is 10.1. The second kappa shape index (κ2) is 7.25. The lowest BCUT2D eigenvalue weighted by Crippen LogP contribution is -2.28. The molecule has 0 bridgehead atoms. The predicted octanol–water partition coefficient (Wildman–Crippen LogP) is 5.03. The van der Waals surface area contributed by atoms with Gasteiger partial charge in [-0.1, -0.05) is 41.7 Å². The standard InChI is InChI=1S/C21H20N4OS/c1-14-12-15(2)23-19-17(14)18(25-10-6-7-11-25)20(27-19)24-21(26)22-13-16-8-4-3-5-9-16/h3-12H,13H2,1-2H3,(H2,22,24,26). The largest absolute Gasteiger partial charge is 0.334 e. The molecule has 0 spiro atoms. The van der Waals surface area contributed by atoms with Crippen molar-refractivity contribution in [3.63, 3.8) is 0 Å². The number of nitrogens with zero attached hydrogens (tertiary/aromatic N) is 2. The third-order valence-electron chi connectivity index (χ3n) is 4.35. The van der Waals surface area contributed by atoms with Crippen LogP contribution in [0.15, 0.2) is 60.9 Å². The molecule has 0 aliphatic rings. The molecule has 0 radical (unpaired) electrons. The van der Waals surface area contributed by atoms with Crippen LogP contribution in [0.5, 0.6) is 0 Å². The first-order valence-electron chi connectivity index (χ1n) is 8.74. The van der Waals surface area contributed by atoms with Crippen molar-refractivity contribution in [1.29, 1.82) is 0 Å². The number of hydrogen-bond acceptors (Lipinski definition) is 3. The van der Waals surface area contributed by atoms with Crippen molar-refractivity contribution in [3.8, 4) is 5.69 Å². The number of carbonyl (C=O) groups excluding carboxylic acids is 1. The van der Waals surface area contributed by atoms with E-state index >= 15 is 0 Å². The van der Waals surface area contributed by atoms with Crippen molar-refractivity contribution < 1.29 is 4.79 Å². The average Bonchev–Trinajstić information content (AvgIpc) is 3.28. The number of fused-ring (bicyclic) bond motifs is 1. The van der Waals surface area contributed by atoms with E-state index < -0.39 is 0 Å². The van der Waals surface area contributed by atoms with Gasteiger partial charge in [0.2, 0.25) is 0 Å². The number of urea groups is 1. The van der Waals surface area contributed by atoms with Gasteiger partial charge in [-0.25, -0.2) is 9.78 Å². The van der Waals surface area contributed by atoms with Gasteiger partial charge in [0.25, 0.3) is 0 Å². The molecule has 5 nitrogen and oxygen atoms in total. The molecule has 6 heteroatoms. The Labute approximate surface area is 161 Å².